The van der Waals surface area contributed by atoms with Gasteiger partial charge in [0.15, 0.2) is 0 Å². The van der Waals surface area contributed by atoms with Gasteiger partial charge in [-0.25, -0.2) is 4.79 Å². The molecule has 1 amide bonds. The zero-order valence-corrected chi connectivity index (χ0v) is 15.9. The van der Waals surface area contributed by atoms with E-state index < -0.39 is 34.7 Å². The Morgan fingerprint density at radius 3 is 2.56 bits per heavy atom. The second kappa shape index (κ2) is 9.86. The lowest BCUT2D eigenvalue weighted by molar-refractivity contribution is -0.384. The number of benzene rings is 1. The minimum atomic E-state index is -1.25. The van der Waals surface area contributed by atoms with Gasteiger partial charge in [-0.3, -0.25) is 14.9 Å². The van der Waals surface area contributed by atoms with E-state index in [0.717, 1.165) is 0 Å². The van der Waals surface area contributed by atoms with Crippen molar-refractivity contribution >= 4 is 17.7 Å². The van der Waals surface area contributed by atoms with Crippen LogP contribution in [0.5, 0.6) is 0 Å². The number of nitrogens with one attached hydrogen (secondary N) is 1. The van der Waals surface area contributed by atoms with Gasteiger partial charge in [-0.05, 0) is 39.7 Å². The fourth-order valence-electron chi connectivity index (χ4n) is 2.33. The summed E-state index contributed by atoms with van der Waals surface area (Å²) in [6, 6.07) is 4.94. The summed E-state index contributed by atoms with van der Waals surface area (Å²) in [5.74, 6) is -0.611. The Hall–Kier alpha value is -2.68. The molecule has 0 unspecified atom stereocenters. The molecule has 0 saturated heterocycles. The zero-order valence-electron chi connectivity index (χ0n) is 15.9. The van der Waals surface area contributed by atoms with Crippen molar-refractivity contribution in [2.45, 2.75) is 58.3 Å². The number of esters is 1. The Balaban J connectivity index is 2.95. The molecule has 0 aliphatic heterocycles. The molecule has 0 spiro atoms. The first kappa shape index (κ1) is 22.4. The molecule has 150 valence electrons. The monoisotopic (exact) mass is 382 g/mol. The van der Waals surface area contributed by atoms with Gasteiger partial charge >= 0.3 is 12.1 Å². The SMILES string of the molecule is CCOC(=O)C[C@H](O)[C@H](Cc1cccc([N+](=O)[O-])c1)NC(=O)OC(C)(C)C. The van der Waals surface area contributed by atoms with Gasteiger partial charge in [0.05, 0.1) is 30.1 Å². The average molecular weight is 382 g/mol. The van der Waals surface area contributed by atoms with Crippen LogP contribution in [-0.2, 0) is 20.7 Å². The largest absolute Gasteiger partial charge is 0.466 e. The number of nitro benzene ring substituents is 1. The maximum Gasteiger partial charge on any atom is 0.407 e. The van der Waals surface area contributed by atoms with Crippen molar-refractivity contribution < 1.29 is 29.1 Å². The number of carbonyl (C=O) groups is 2. The third kappa shape index (κ3) is 8.50. The number of nitro groups is 1. The van der Waals surface area contributed by atoms with Crippen molar-refractivity contribution in [2.75, 3.05) is 6.61 Å². The summed E-state index contributed by atoms with van der Waals surface area (Å²) in [5.41, 5.74) is -0.330. The van der Waals surface area contributed by atoms with Gasteiger partial charge in [0.2, 0.25) is 0 Å². The molecule has 2 N–H and O–H groups in total. The zero-order chi connectivity index (χ0) is 20.6. The second-order valence-electron chi connectivity index (χ2n) is 6.96. The minimum Gasteiger partial charge on any atom is -0.466 e. The van der Waals surface area contributed by atoms with Crippen molar-refractivity contribution in [1.29, 1.82) is 0 Å². The summed E-state index contributed by atoms with van der Waals surface area (Å²) in [6.45, 7) is 6.88. The Morgan fingerprint density at radius 2 is 2.00 bits per heavy atom. The number of non-ortho nitro benzene ring substituents is 1. The van der Waals surface area contributed by atoms with Gasteiger partial charge in [-0.1, -0.05) is 12.1 Å². The van der Waals surface area contributed by atoms with E-state index in [1.807, 2.05) is 0 Å². The second-order valence-corrected chi connectivity index (χ2v) is 6.96. The van der Waals surface area contributed by atoms with E-state index in [1.54, 1.807) is 33.8 Å². The van der Waals surface area contributed by atoms with E-state index in [0.29, 0.717) is 5.56 Å². The molecule has 1 rings (SSSR count). The summed E-state index contributed by atoms with van der Waals surface area (Å²) in [5, 5.41) is 23.8. The molecular formula is C18H26N2O7. The maximum absolute atomic E-state index is 12.1. The van der Waals surface area contributed by atoms with Crippen LogP contribution < -0.4 is 5.32 Å². The lowest BCUT2D eigenvalue weighted by atomic mass is 9.99. The molecule has 0 fully saturated rings. The minimum absolute atomic E-state index is 0.0709. The molecule has 0 bridgehead atoms. The molecule has 1 aromatic carbocycles. The third-order valence-corrected chi connectivity index (χ3v) is 3.42. The summed E-state index contributed by atoms with van der Waals surface area (Å²) >= 11 is 0. The Bertz CT molecular complexity index is 670. The van der Waals surface area contributed by atoms with E-state index in [-0.39, 0.29) is 25.1 Å². The first-order valence-electron chi connectivity index (χ1n) is 8.58. The number of hydrogen-bond acceptors (Lipinski definition) is 7. The average Bonchev–Trinajstić information content (AvgIpc) is 2.52. The predicted octanol–water partition coefficient (Wildman–Crippen LogP) is 2.34. The molecule has 27 heavy (non-hydrogen) atoms. The van der Waals surface area contributed by atoms with Crippen LogP contribution in [0.3, 0.4) is 0 Å². The quantitative estimate of drug-likeness (QED) is 0.401. The number of alkyl carbamates (subject to hydrolysis) is 1. The topological polar surface area (TPSA) is 128 Å². The van der Waals surface area contributed by atoms with E-state index in [9.17, 15) is 24.8 Å². The summed E-state index contributed by atoms with van der Waals surface area (Å²) in [4.78, 5) is 34.1. The molecule has 0 aliphatic rings. The predicted molar refractivity (Wildman–Crippen MR) is 97.2 cm³/mol. The van der Waals surface area contributed by atoms with Gasteiger partial charge in [0.1, 0.15) is 5.60 Å². The van der Waals surface area contributed by atoms with Gasteiger partial charge < -0.3 is 19.9 Å². The van der Waals surface area contributed by atoms with Crippen LogP contribution in [0.4, 0.5) is 10.5 Å². The molecule has 1 aromatic rings. The van der Waals surface area contributed by atoms with Crippen LogP contribution in [-0.4, -0.2) is 46.4 Å². The first-order valence-corrected chi connectivity index (χ1v) is 8.58. The number of carbonyl (C=O) groups excluding carboxylic acids is 2. The van der Waals surface area contributed by atoms with Crippen LogP contribution in [0.1, 0.15) is 39.7 Å². The van der Waals surface area contributed by atoms with E-state index in [4.69, 9.17) is 9.47 Å². The smallest absolute Gasteiger partial charge is 0.407 e. The molecular weight excluding hydrogens is 356 g/mol. The number of nitrogens with zero attached hydrogens (tertiary/aromatic N) is 1. The van der Waals surface area contributed by atoms with E-state index >= 15 is 0 Å². The maximum atomic E-state index is 12.1. The van der Waals surface area contributed by atoms with Crippen molar-refractivity contribution in [3.05, 3.63) is 39.9 Å². The number of aliphatic hydroxyl groups is 1. The molecule has 0 saturated carbocycles. The lowest BCUT2D eigenvalue weighted by Crippen LogP contribution is -2.47. The fraction of sp³-hybridized carbons (Fsp3) is 0.556. The highest BCUT2D eigenvalue weighted by atomic mass is 16.6. The Labute approximate surface area is 157 Å². The lowest BCUT2D eigenvalue weighted by Gasteiger charge is -2.26. The number of aliphatic hydroxyl groups excluding tert-OH is 1. The third-order valence-electron chi connectivity index (χ3n) is 3.42. The van der Waals surface area contributed by atoms with Crippen molar-refractivity contribution in [2.24, 2.45) is 0 Å². The number of rotatable bonds is 8. The van der Waals surface area contributed by atoms with Crippen molar-refractivity contribution in [3.63, 3.8) is 0 Å². The Morgan fingerprint density at radius 1 is 1.33 bits per heavy atom. The molecule has 9 heteroatoms. The standard InChI is InChI=1S/C18H26N2O7/c1-5-26-16(22)11-15(21)14(19-17(23)27-18(2,3)4)10-12-7-6-8-13(9-12)20(24)25/h6-9,14-15,21H,5,10-11H2,1-4H3,(H,19,23)/t14-,15-/m0/s1. The summed E-state index contributed by atoms with van der Waals surface area (Å²) in [6.07, 6.45) is -2.28. The van der Waals surface area contributed by atoms with Gasteiger partial charge in [0, 0.05) is 12.1 Å². The van der Waals surface area contributed by atoms with Crippen LogP contribution >= 0.6 is 0 Å². The van der Waals surface area contributed by atoms with Crippen LogP contribution in [0, 0.1) is 10.1 Å². The van der Waals surface area contributed by atoms with Crippen LogP contribution in [0.2, 0.25) is 0 Å². The first-order chi connectivity index (χ1) is 12.5. The van der Waals surface area contributed by atoms with E-state index in [1.165, 1.54) is 18.2 Å². The Kier molecular flexibility index (Phi) is 8.17. The van der Waals surface area contributed by atoms with Gasteiger partial charge in [0.25, 0.3) is 5.69 Å². The van der Waals surface area contributed by atoms with Crippen molar-refractivity contribution in [1.82, 2.24) is 5.32 Å². The summed E-state index contributed by atoms with van der Waals surface area (Å²) < 4.78 is 10.0. The van der Waals surface area contributed by atoms with Crippen molar-refractivity contribution in [3.8, 4) is 0 Å². The molecule has 0 radical (unpaired) electrons. The van der Waals surface area contributed by atoms with E-state index in [2.05, 4.69) is 5.32 Å². The van der Waals surface area contributed by atoms with Gasteiger partial charge in [-0.15, -0.1) is 0 Å². The molecule has 9 nitrogen and oxygen atoms in total. The van der Waals surface area contributed by atoms with Crippen LogP contribution in [0.15, 0.2) is 24.3 Å². The molecule has 2 atom stereocenters. The normalized spacial score (nSPS) is 13.4. The fourth-order valence-corrected chi connectivity index (χ4v) is 2.33. The molecule has 0 aliphatic carbocycles. The summed E-state index contributed by atoms with van der Waals surface area (Å²) in [7, 11) is 0. The van der Waals surface area contributed by atoms with Gasteiger partial charge in [-0.2, -0.15) is 0 Å². The number of ether oxygens (including phenoxy) is 2. The number of amides is 1. The molecule has 0 aromatic heterocycles. The molecule has 0 heterocycles. The highest BCUT2D eigenvalue weighted by Crippen LogP contribution is 2.17. The van der Waals surface area contributed by atoms with Crippen LogP contribution in [0.25, 0.3) is 0 Å². The highest BCUT2D eigenvalue weighted by molar-refractivity contribution is 5.71. The number of hydrogen-bond donors (Lipinski definition) is 2. The highest BCUT2D eigenvalue weighted by Gasteiger charge is 2.27.